The van der Waals surface area contributed by atoms with Crippen LogP contribution in [0.5, 0.6) is 0 Å². The highest BCUT2D eigenvalue weighted by molar-refractivity contribution is 6.31. The number of nitrogens with one attached hydrogen (secondary N) is 1. The van der Waals surface area contributed by atoms with Gasteiger partial charge in [0, 0.05) is 11.9 Å². The molecule has 24 heavy (non-hydrogen) atoms. The van der Waals surface area contributed by atoms with E-state index in [2.05, 4.69) is 10.4 Å². The van der Waals surface area contributed by atoms with Gasteiger partial charge in [0.2, 0.25) is 0 Å². The number of carboxylic acid groups (broad SMARTS) is 1. The summed E-state index contributed by atoms with van der Waals surface area (Å²) in [7, 11) is 0. The number of rotatable bonds is 5. The number of carbonyl (C=O) groups excluding carboxylic acids is 1. The van der Waals surface area contributed by atoms with Gasteiger partial charge in [0.25, 0.3) is 5.91 Å². The average Bonchev–Trinajstić information content (AvgIpc) is 2.95. The van der Waals surface area contributed by atoms with Crippen LogP contribution in [0.1, 0.15) is 22.5 Å². The first-order valence-corrected chi connectivity index (χ1v) is 6.98. The van der Waals surface area contributed by atoms with Crippen LogP contribution in [-0.4, -0.2) is 26.8 Å². The SMILES string of the molecule is O=C(O)CCn1ccc(C(=O)Nc2ccc(Cl)c(C(F)(F)F)c2)n1. The van der Waals surface area contributed by atoms with Crippen LogP contribution in [0.2, 0.25) is 5.02 Å². The third kappa shape index (κ3) is 4.48. The summed E-state index contributed by atoms with van der Waals surface area (Å²) in [6.07, 6.45) is -3.41. The predicted octanol–water partition coefficient (Wildman–Crippen LogP) is 3.28. The smallest absolute Gasteiger partial charge is 0.417 e. The van der Waals surface area contributed by atoms with Crippen molar-refractivity contribution in [3.05, 3.63) is 46.7 Å². The standard InChI is InChI=1S/C14H11ClF3N3O3/c15-10-2-1-8(7-9(10)14(16,17)18)19-13(24)11-3-5-21(20-11)6-4-12(22)23/h1-3,5,7H,4,6H2,(H,19,24)(H,22,23). The van der Waals surface area contributed by atoms with E-state index in [4.69, 9.17) is 16.7 Å². The van der Waals surface area contributed by atoms with E-state index in [1.165, 1.54) is 23.0 Å². The minimum Gasteiger partial charge on any atom is -0.481 e. The van der Waals surface area contributed by atoms with Crippen molar-refractivity contribution in [2.75, 3.05) is 5.32 Å². The molecule has 0 spiro atoms. The molecule has 0 saturated carbocycles. The van der Waals surface area contributed by atoms with Gasteiger partial charge < -0.3 is 10.4 Å². The topological polar surface area (TPSA) is 84.2 Å². The molecule has 0 saturated heterocycles. The molecule has 0 unspecified atom stereocenters. The van der Waals surface area contributed by atoms with Crippen molar-refractivity contribution in [1.29, 1.82) is 0 Å². The molecule has 0 aliphatic rings. The highest BCUT2D eigenvalue weighted by Gasteiger charge is 2.33. The van der Waals surface area contributed by atoms with Gasteiger partial charge in [0.05, 0.1) is 23.6 Å². The van der Waals surface area contributed by atoms with Crippen molar-refractivity contribution in [1.82, 2.24) is 9.78 Å². The molecule has 6 nitrogen and oxygen atoms in total. The van der Waals surface area contributed by atoms with Crippen molar-refractivity contribution < 1.29 is 27.9 Å². The van der Waals surface area contributed by atoms with E-state index in [9.17, 15) is 22.8 Å². The third-order valence-corrected chi connectivity index (χ3v) is 3.29. The molecule has 0 radical (unpaired) electrons. The molecule has 2 N–H and O–H groups in total. The minimum absolute atomic E-state index is 0.0519. The monoisotopic (exact) mass is 361 g/mol. The molecule has 0 aliphatic carbocycles. The molecule has 1 aromatic carbocycles. The molecule has 128 valence electrons. The lowest BCUT2D eigenvalue weighted by molar-refractivity contribution is -0.138. The molecule has 2 rings (SSSR count). The van der Waals surface area contributed by atoms with E-state index >= 15 is 0 Å². The summed E-state index contributed by atoms with van der Waals surface area (Å²) in [6, 6.07) is 4.32. The quantitative estimate of drug-likeness (QED) is 0.856. The zero-order valence-corrected chi connectivity index (χ0v) is 12.7. The molecule has 0 aliphatic heterocycles. The van der Waals surface area contributed by atoms with Crippen molar-refractivity contribution >= 4 is 29.2 Å². The van der Waals surface area contributed by atoms with Gasteiger partial charge in [-0.2, -0.15) is 18.3 Å². The van der Waals surface area contributed by atoms with Gasteiger partial charge in [0.15, 0.2) is 5.69 Å². The van der Waals surface area contributed by atoms with Gasteiger partial charge in [-0.05, 0) is 24.3 Å². The first-order chi connectivity index (χ1) is 11.2. The number of hydrogen-bond acceptors (Lipinski definition) is 3. The van der Waals surface area contributed by atoms with Gasteiger partial charge in [0.1, 0.15) is 0 Å². The van der Waals surface area contributed by atoms with Crippen molar-refractivity contribution in [3.63, 3.8) is 0 Å². The highest BCUT2D eigenvalue weighted by atomic mass is 35.5. The number of carboxylic acids is 1. The largest absolute Gasteiger partial charge is 0.481 e. The van der Waals surface area contributed by atoms with Gasteiger partial charge >= 0.3 is 12.1 Å². The van der Waals surface area contributed by atoms with Crippen LogP contribution in [0, 0.1) is 0 Å². The van der Waals surface area contributed by atoms with E-state index in [0.717, 1.165) is 12.1 Å². The normalized spacial score (nSPS) is 11.3. The van der Waals surface area contributed by atoms with Crippen LogP contribution in [0.3, 0.4) is 0 Å². The Labute approximate surface area is 138 Å². The van der Waals surface area contributed by atoms with Crippen LogP contribution in [-0.2, 0) is 17.5 Å². The second-order valence-corrected chi connectivity index (χ2v) is 5.16. The molecule has 0 fully saturated rings. The van der Waals surface area contributed by atoms with E-state index in [-0.39, 0.29) is 24.3 Å². The Balaban J connectivity index is 2.11. The van der Waals surface area contributed by atoms with Crippen molar-refractivity contribution in [2.24, 2.45) is 0 Å². The molecule has 0 atom stereocenters. The number of anilines is 1. The van der Waals surface area contributed by atoms with Crippen LogP contribution >= 0.6 is 11.6 Å². The Morgan fingerprint density at radius 2 is 2.00 bits per heavy atom. The summed E-state index contributed by atoms with van der Waals surface area (Å²) in [5, 5.41) is 14.2. The van der Waals surface area contributed by atoms with Crippen molar-refractivity contribution in [2.45, 2.75) is 19.1 Å². The summed E-state index contributed by atoms with van der Waals surface area (Å²) >= 11 is 5.50. The van der Waals surface area contributed by atoms with Gasteiger partial charge in [-0.3, -0.25) is 14.3 Å². The molecule has 1 heterocycles. The van der Waals surface area contributed by atoms with Crippen LogP contribution in [0.25, 0.3) is 0 Å². The van der Waals surface area contributed by atoms with Crippen LogP contribution < -0.4 is 5.32 Å². The molecule has 10 heteroatoms. The fraction of sp³-hybridized carbons (Fsp3) is 0.214. The van der Waals surface area contributed by atoms with Gasteiger partial charge in [-0.15, -0.1) is 0 Å². The number of aromatic nitrogens is 2. The molecule has 1 aromatic heterocycles. The lowest BCUT2D eigenvalue weighted by Crippen LogP contribution is -2.15. The number of carbonyl (C=O) groups is 2. The summed E-state index contributed by atoms with van der Waals surface area (Å²) in [6.45, 7) is 0.0712. The number of halogens is 4. The lowest BCUT2D eigenvalue weighted by atomic mass is 10.2. The van der Waals surface area contributed by atoms with E-state index in [1.54, 1.807) is 0 Å². The molecular weight excluding hydrogens is 351 g/mol. The average molecular weight is 362 g/mol. The van der Waals surface area contributed by atoms with E-state index in [0.29, 0.717) is 0 Å². The Bertz CT molecular complexity index is 774. The predicted molar refractivity (Wildman–Crippen MR) is 78.9 cm³/mol. The zero-order chi connectivity index (χ0) is 17.9. The van der Waals surface area contributed by atoms with E-state index in [1.807, 2.05) is 0 Å². The van der Waals surface area contributed by atoms with Gasteiger partial charge in [-0.25, -0.2) is 0 Å². The molecule has 1 amide bonds. The third-order valence-electron chi connectivity index (χ3n) is 2.96. The molecule has 0 bridgehead atoms. The molecule has 2 aromatic rings. The fourth-order valence-corrected chi connectivity index (χ4v) is 2.06. The Hall–Kier alpha value is -2.55. The fourth-order valence-electron chi connectivity index (χ4n) is 1.83. The first kappa shape index (κ1) is 17.8. The maximum atomic E-state index is 12.8. The lowest BCUT2D eigenvalue weighted by Gasteiger charge is -2.11. The maximum Gasteiger partial charge on any atom is 0.417 e. The van der Waals surface area contributed by atoms with E-state index < -0.39 is 28.6 Å². The number of alkyl halides is 3. The summed E-state index contributed by atoms with van der Waals surface area (Å²) in [4.78, 5) is 22.5. The summed E-state index contributed by atoms with van der Waals surface area (Å²) < 4.78 is 39.6. The van der Waals surface area contributed by atoms with Crippen LogP contribution in [0.15, 0.2) is 30.5 Å². The zero-order valence-electron chi connectivity index (χ0n) is 12.0. The second kappa shape index (κ2) is 6.91. The van der Waals surface area contributed by atoms with Crippen LogP contribution in [0.4, 0.5) is 18.9 Å². The summed E-state index contributed by atoms with van der Waals surface area (Å²) in [5.41, 5.74) is -1.20. The minimum atomic E-state index is -4.64. The number of aryl methyl sites for hydroxylation is 1. The number of amides is 1. The maximum absolute atomic E-state index is 12.8. The number of aliphatic carboxylic acids is 1. The first-order valence-electron chi connectivity index (χ1n) is 6.60. The second-order valence-electron chi connectivity index (χ2n) is 4.75. The number of hydrogen-bond donors (Lipinski definition) is 2. The molecular formula is C14H11ClF3N3O3. The number of benzene rings is 1. The Kier molecular flexibility index (Phi) is 5.13. The Morgan fingerprint density at radius 3 is 2.62 bits per heavy atom. The highest BCUT2D eigenvalue weighted by Crippen LogP contribution is 2.36. The summed E-state index contributed by atoms with van der Waals surface area (Å²) in [5.74, 6) is -1.74. The van der Waals surface area contributed by atoms with Crippen molar-refractivity contribution in [3.8, 4) is 0 Å². The number of nitrogens with zero attached hydrogens (tertiary/aromatic N) is 2. The Morgan fingerprint density at radius 1 is 1.29 bits per heavy atom. The van der Waals surface area contributed by atoms with Gasteiger partial charge in [-0.1, -0.05) is 11.6 Å².